The molecule has 2 saturated heterocycles. The van der Waals surface area contributed by atoms with Crippen molar-refractivity contribution in [2.24, 2.45) is 27.2 Å². The number of hydrogen-bond donors (Lipinski definition) is 0. The van der Waals surface area contributed by atoms with E-state index in [1.54, 1.807) is 54.6 Å². The molecule has 1 saturated carbocycles. The van der Waals surface area contributed by atoms with Crippen molar-refractivity contribution in [2.75, 3.05) is 13.2 Å². The summed E-state index contributed by atoms with van der Waals surface area (Å²) in [6, 6.07) is 18.6. The molecule has 0 spiro atoms. The van der Waals surface area contributed by atoms with Gasteiger partial charge in [0, 0.05) is 34.5 Å². The Hall–Kier alpha value is -7.88. The molecule has 3 aliphatic rings. The lowest BCUT2D eigenvalue weighted by Gasteiger charge is -2.47. The van der Waals surface area contributed by atoms with Crippen LogP contribution in [0.3, 0.4) is 0 Å². The number of azide groups is 3. The molecule has 3 aromatic rings. The molecule has 0 bridgehead atoms. The zero-order valence-electron chi connectivity index (χ0n) is 36.6. The van der Waals surface area contributed by atoms with Gasteiger partial charge in [0.2, 0.25) is 0 Å². The first-order valence-electron chi connectivity index (χ1n) is 21.1. The van der Waals surface area contributed by atoms with E-state index in [4.69, 9.17) is 42.6 Å². The molecule has 2 aliphatic heterocycles. The fraction of sp³-hybridized carbons (Fsp3) is 0.432. The van der Waals surface area contributed by atoms with E-state index in [1.807, 2.05) is 0 Å². The summed E-state index contributed by atoms with van der Waals surface area (Å²) in [6.45, 7) is 0.854. The van der Waals surface area contributed by atoms with Crippen molar-refractivity contribution in [1.29, 1.82) is 0 Å². The Morgan fingerprint density at radius 2 is 1.03 bits per heavy atom. The Labute approximate surface area is 391 Å². The lowest BCUT2D eigenvalue weighted by Crippen LogP contribution is -2.62. The molecule has 0 amide bonds. The van der Waals surface area contributed by atoms with Crippen LogP contribution in [0.25, 0.3) is 31.3 Å². The molecule has 0 aromatic heterocycles. The molecule has 14 atom stereocenters. The van der Waals surface area contributed by atoms with Gasteiger partial charge in [-0.25, -0.2) is 14.4 Å². The Morgan fingerprint density at radius 3 is 1.54 bits per heavy atom. The van der Waals surface area contributed by atoms with Crippen LogP contribution in [0.5, 0.6) is 0 Å². The summed E-state index contributed by atoms with van der Waals surface area (Å²) in [5.74, 6) is -7.28. The van der Waals surface area contributed by atoms with E-state index in [-0.39, 0.29) is 16.7 Å². The second kappa shape index (κ2) is 24.2. The van der Waals surface area contributed by atoms with E-state index in [2.05, 4.69) is 30.1 Å². The maximum Gasteiger partial charge on any atom is 0.338 e. The van der Waals surface area contributed by atoms with Crippen LogP contribution in [-0.2, 0) is 61.8 Å². The normalized spacial score (nSPS) is 29.2. The van der Waals surface area contributed by atoms with E-state index in [1.165, 1.54) is 36.4 Å². The van der Waals surface area contributed by atoms with Crippen LogP contribution < -0.4 is 0 Å². The molecule has 25 nitrogen and oxygen atoms in total. The number of benzene rings is 3. The number of aldehydes is 2. The monoisotopic (exact) mass is 953 g/mol. The Bertz CT molecular complexity index is 2470. The standard InChI is InChI=1S/C44H43N9O16/c1-23(56)61-21-32-28(19-54)29(20-55)34(50-53-47)43(64-32)68-36-31(49-52-46)18-30(48-51-45)35(63-24(2)57)38(36)69-44-39(67-42(60)27-16-10-5-11-17-27)37(66-41(59)26-14-8-4-9-15-26)33(65-44)22-62-40(58)25-12-6-3-7-13-25/h3-17,19-20,28-39,43-44H,18,21-22H2,1-2H3/t28-,29-,30+,31?,32?,33+,34?,35+,36+,37?,38?,39-,43+,44-/m0/s1. The summed E-state index contributed by atoms with van der Waals surface area (Å²) < 4.78 is 53.9. The summed E-state index contributed by atoms with van der Waals surface area (Å²) in [7, 11) is 0. The van der Waals surface area contributed by atoms with E-state index >= 15 is 0 Å². The van der Waals surface area contributed by atoms with Gasteiger partial charge in [-0.3, -0.25) is 9.59 Å². The summed E-state index contributed by atoms with van der Waals surface area (Å²) in [5.41, 5.74) is 29.4. The quantitative estimate of drug-likeness (QED) is 0.0377. The van der Waals surface area contributed by atoms with Gasteiger partial charge >= 0.3 is 29.8 Å². The zero-order valence-corrected chi connectivity index (χ0v) is 36.6. The van der Waals surface area contributed by atoms with Gasteiger partial charge in [0.1, 0.15) is 50.2 Å². The number of carbonyl (C=O) groups is 7. The highest BCUT2D eigenvalue weighted by molar-refractivity contribution is 5.91. The van der Waals surface area contributed by atoms with E-state index in [0.717, 1.165) is 13.8 Å². The molecule has 6 rings (SSSR count). The zero-order chi connectivity index (χ0) is 49.5. The third kappa shape index (κ3) is 12.6. The number of nitrogens with zero attached hydrogens (tertiary/aromatic N) is 9. The molecular weight excluding hydrogens is 911 g/mol. The van der Waals surface area contributed by atoms with E-state index in [9.17, 15) is 50.2 Å². The number of carbonyl (C=O) groups excluding carboxylic acids is 7. The Balaban J connectivity index is 1.47. The lowest BCUT2D eigenvalue weighted by atomic mass is 9.81. The molecule has 1 aliphatic carbocycles. The number of ether oxygens (including phenoxy) is 9. The minimum atomic E-state index is -1.92. The van der Waals surface area contributed by atoms with Crippen LogP contribution >= 0.6 is 0 Å². The molecule has 0 radical (unpaired) electrons. The second-order valence-corrected chi connectivity index (χ2v) is 15.5. The van der Waals surface area contributed by atoms with Gasteiger partial charge in [0.05, 0.1) is 46.8 Å². The minimum Gasteiger partial charge on any atom is -0.463 e. The number of hydrogen-bond acceptors (Lipinski definition) is 19. The van der Waals surface area contributed by atoms with Crippen molar-refractivity contribution in [3.63, 3.8) is 0 Å². The molecule has 69 heavy (non-hydrogen) atoms. The van der Waals surface area contributed by atoms with Crippen molar-refractivity contribution < 1.29 is 76.2 Å². The first kappa shape index (κ1) is 50.5. The molecule has 360 valence electrons. The molecule has 25 heteroatoms. The average Bonchev–Trinajstić information content (AvgIpc) is 3.66. The second-order valence-electron chi connectivity index (χ2n) is 15.5. The van der Waals surface area contributed by atoms with Crippen LogP contribution in [0.2, 0.25) is 0 Å². The summed E-state index contributed by atoms with van der Waals surface area (Å²) in [5, 5.41) is 11.3. The van der Waals surface area contributed by atoms with Gasteiger partial charge < -0.3 is 52.2 Å². The van der Waals surface area contributed by atoms with Crippen LogP contribution in [0, 0.1) is 11.8 Å². The van der Waals surface area contributed by atoms with E-state index in [0.29, 0.717) is 12.6 Å². The van der Waals surface area contributed by atoms with Gasteiger partial charge in [-0.2, -0.15) is 0 Å². The minimum absolute atomic E-state index is 0.0204. The predicted molar refractivity (Wildman–Crippen MR) is 230 cm³/mol. The van der Waals surface area contributed by atoms with Gasteiger partial charge in [0.15, 0.2) is 24.8 Å². The summed E-state index contributed by atoms with van der Waals surface area (Å²) in [6.07, 6.45) is -15.1. The van der Waals surface area contributed by atoms with Crippen molar-refractivity contribution in [1.82, 2.24) is 0 Å². The van der Waals surface area contributed by atoms with Crippen molar-refractivity contribution >= 4 is 42.4 Å². The van der Waals surface area contributed by atoms with Crippen LogP contribution in [-0.4, -0.2) is 129 Å². The van der Waals surface area contributed by atoms with Crippen LogP contribution in [0.15, 0.2) is 106 Å². The third-order valence-electron chi connectivity index (χ3n) is 11.1. The molecule has 5 unspecified atom stereocenters. The predicted octanol–water partition coefficient (Wildman–Crippen LogP) is 5.08. The van der Waals surface area contributed by atoms with Crippen LogP contribution in [0.1, 0.15) is 51.3 Å². The topological polar surface area (TPSA) is 349 Å². The summed E-state index contributed by atoms with van der Waals surface area (Å²) >= 11 is 0. The maximum absolute atomic E-state index is 13.9. The fourth-order valence-corrected chi connectivity index (χ4v) is 8.02. The van der Waals surface area contributed by atoms with Crippen molar-refractivity contribution in [3.8, 4) is 0 Å². The Morgan fingerprint density at radius 1 is 0.551 bits per heavy atom. The SMILES string of the molecule is CC(=O)OCC1O[C@H](O[C@@H]2C(N=[N+]=[N-])C[C@@H](N=[N+]=[N-])[C@@H](OC(C)=O)C2O[C@@H]2O[C@H](COC(=O)c3ccccc3)C(OC(=O)c3ccccc3)[C@@H]2OC(=O)c2ccccc2)C(N=[N+]=[N-])[C@@H](C=O)[C@@H]1C=O. The fourth-order valence-electron chi connectivity index (χ4n) is 8.02. The van der Waals surface area contributed by atoms with Crippen LogP contribution in [0.4, 0.5) is 0 Å². The Kier molecular flexibility index (Phi) is 17.7. The first-order valence-corrected chi connectivity index (χ1v) is 21.1. The van der Waals surface area contributed by atoms with Gasteiger partial charge in [0.25, 0.3) is 0 Å². The maximum atomic E-state index is 13.9. The van der Waals surface area contributed by atoms with E-state index < -0.39 is 135 Å². The highest BCUT2D eigenvalue weighted by Crippen LogP contribution is 2.40. The smallest absolute Gasteiger partial charge is 0.338 e. The van der Waals surface area contributed by atoms with Crippen molar-refractivity contribution in [3.05, 3.63) is 139 Å². The van der Waals surface area contributed by atoms with Gasteiger partial charge in [-0.05, 0) is 59.4 Å². The highest BCUT2D eigenvalue weighted by atomic mass is 16.8. The highest BCUT2D eigenvalue weighted by Gasteiger charge is 2.57. The third-order valence-corrected chi connectivity index (χ3v) is 11.1. The van der Waals surface area contributed by atoms with Gasteiger partial charge in [-0.15, -0.1) is 0 Å². The first-order chi connectivity index (χ1) is 33.4. The molecule has 0 N–H and O–H groups in total. The molecular formula is C44H43N9O16. The average molecular weight is 954 g/mol. The number of rotatable bonds is 19. The molecule has 3 aromatic carbocycles. The van der Waals surface area contributed by atoms with Gasteiger partial charge in [-0.1, -0.05) is 69.9 Å². The molecule has 3 fully saturated rings. The lowest BCUT2D eigenvalue weighted by molar-refractivity contribution is -0.297. The summed E-state index contributed by atoms with van der Waals surface area (Å²) in [4.78, 5) is 99.4. The number of esters is 5. The van der Waals surface area contributed by atoms with Crippen molar-refractivity contribution in [2.45, 2.75) is 93.7 Å². The molecule has 2 heterocycles. The largest absolute Gasteiger partial charge is 0.463 e.